The summed E-state index contributed by atoms with van der Waals surface area (Å²) in [4.78, 5) is 38.9. The van der Waals surface area contributed by atoms with E-state index in [1.807, 2.05) is 37.3 Å². The highest BCUT2D eigenvalue weighted by Crippen LogP contribution is 2.40. The van der Waals surface area contributed by atoms with Gasteiger partial charge in [0.15, 0.2) is 0 Å². The van der Waals surface area contributed by atoms with Crippen molar-refractivity contribution < 1.29 is 14.4 Å². The number of para-hydroxylation sites is 1. The van der Waals surface area contributed by atoms with Gasteiger partial charge in [-0.15, -0.1) is 0 Å². The van der Waals surface area contributed by atoms with Crippen LogP contribution in [0.3, 0.4) is 0 Å². The van der Waals surface area contributed by atoms with Gasteiger partial charge in [0.25, 0.3) is 11.8 Å². The normalized spacial score (nSPS) is 21.7. The van der Waals surface area contributed by atoms with E-state index in [1.54, 1.807) is 23.1 Å². The summed E-state index contributed by atoms with van der Waals surface area (Å²) >= 11 is 0. The summed E-state index contributed by atoms with van der Waals surface area (Å²) in [6.07, 6.45) is 0.333. The van der Waals surface area contributed by atoms with Crippen molar-refractivity contribution in [2.24, 2.45) is 0 Å². The molecule has 4 amide bonds. The van der Waals surface area contributed by atoms with Gasteiger partial charge >= 0.3 is 6.03 Å². The molecular formula is C19H17N3O3. The smallest absolute Gasteiger partial charge is 0.319 e. The molecule has 1 atom stereocenters. The summed E-state index contributed by atoms with van der Waals surface area (Å²) < 4.78 is 0. The minimum Gasteiger partial charge on any atom is -0.319 e. The predicted molar refractivity (Wildman–Crippen MR) is 92.3 cm³/mol. The number of anilines is 1. The second-order valence-electron chi connectivity index (χ2n) is 6.35. The minimum atomic E-state index is -1.10. The number of aryl methyl sites for hydroxylation is 1. The van der Waals surface area contributed by atoms with Gasteiger partial charge in [-0.2, -0.15) is 0 Å². The van der Waals surface area contributed by atoms with Crippen molar-refractivity contribution >= 4 is 23.5 Å². The third kappa shape index (κ3) is 2.21. The first kappa shape index (κ1) is 15.4. The maximum absolute atomic E-state index is 13.1. The highest BCUT2D eigenvalue weighted by molar-refractivity contribution is 6.12. The van der Waals surface area contributed by atoms with E-state index in [2.05, 4.69) is 10.6 Å². The number of fused-ring (bicyclic) bond motifs is 2. The Morgan fingerprint density at radius 2 is 1.80 bits per heavy atom. The number of imide groups is 1. The molecule has 4 rings (SSSR count). The number of urea groups is 1. The summed E-state index contributed by atoms with van der Waals surface area (Å²) in [6.45, 7) is 2.24. The molecule has 2 N–H and O–H groups in total. The van der Waals surface area contributed by atoms with Crippen LogP contribution in [-0.2, 0) is 10.3 Å². The van der Waals surface area contributed by atoms with Gasteiger partial charge in [-0.1, -0.05) is 36.4 Å². The number of amides is 4. The first-order valence-electron chi connectivity index (χ1n) is 8.13. The first-order valence-corrected chi connectivity index (χ1v) is 8.13. The number of rotatable bonds is 1. The lowest BCUT2D eigenvalue weighted by Gasteiger charge is -2.39. The van der Waals surface area contributed by atoms with Crippen LogP contribution < -0.4 is 15.5 Å². The second kappa shape index (κ2) is 5.44. The van der Waals surface area contributed by atoms with Gasteiger partial charge in [0, 0.05) is 24.1 Å². The SMILES string of the molecule is Cc1ccccc1C(=O)N1CCC2(NC(=O)NC2=O)c2ccccc21. The molecule has 6 nitrogen and oxygen atoms in total. The van der Waals surface area contributed by atoms with E-state index >= 15 is 0 Å². The van der Waals surface area contributed by atoms with E-state index in [-0.39, 0.29) is 11.8 Å². The van der Waals surface area contributed by atoms with Crippen LogP contribution in [0.4, 0.5) is 10.5 Å². The fraction of sp³-hybridized carbons (Fsp3) is 0.211. The zero-order chi connectivity index (χ0) is 17.6. The molecule has 2 aromatic carbocycles. The Balaban J connectivity index is 1.80. The van der Waals surface area contributed by atoms with E-state index in [0.717, 1.165) is 5.56 Å². The van der Waals surface area contributed by atoms with Gasteiger partial charge in [0.2, 0.25) is 0 Å². The van der Waals surface area contributed by atoms with Gasteiger partial charge in [-0.05, 0) is 24.6 Å². The molecule has 1 fully saturated rings. The topological polar surface area (TPSA) is 78.5 Å². The largest absolute Gasteiger partial charge is 0.322 e. The van der Waals surface area contributed by atoms with Crippen LogP contribution in [0.25, 0.3) is 0 Å². The van der Waals surface area contributed by atoms with E-state index in [0.29, 0.717) is 29.8 Å². The molecule has 0 bridgehead atoms. The molecule has 25 heavy (non-hydrogen) atoms. The van der Waals surface area contributed by atoms with Crippen LogP contribution in [0.15, 0.2) is 48.5 Å². The summed E-state index contributed by atoms with van der Waals surface area (Å²) in [6, 6.07) is 14.2. The van der Waals surface area contributed by atoms with Crippen LogP contribution in [-0.4, -0.2) is 24.4 Å². The Morgan fingerprint density at radius 1 is 1.08 bits per heavy atom. The van der Waals surface area contributed by atoms with Crippen molar-refractivity contribution in [2.75, 3.05) is 11.4 Å². The van der Waals surface area contributed by atoms with Crippen LogP contribution in [0.2, 0.25) is 0 Å². The minimum absolute atomic E-state index is 0.106. The molecule has 0 radical (unpaired) electrons. The molecular weight excluding hydrogens is 318 g/mol. The molecule has 2 heterocycles. The number of benzene rings is 2. The Labute approximate surface area is 144 Å². The molecule has 126 valence electrons. The third-order valence-electron chi connectivity index (χ3n) is 4.93. The fourth-order valence-corrected chi connectivity index (χ4v) is 3.63. The van der Waals surface area contributed by atoms with Gasteiger partial charge < -0.3 is 10.2 Å². The summed E-state index contributed by atoms with van der Waals surface area (Å²) in [5.41, 5.74) is 1.73. The van der Waals surface area contributed by atoms with E-state index in [1.165, 1.54) is 0 Å². The first-order chi connectivity index (χ1) is 12.0. The molecule has 2 aromatic rings. The number of hydrogen-bond acceptors (Lipinski definition) is 3. The fourth-order valence-electron chi connectivity index (χ4n) is 3.63. The van der Waals surface area contributed by atoms with E-state index in [4.69, 9.17) is 0 Å². The summed E-state index contributed by atoms with van der Waals surface area (Å²) in [5, 5.41) is 5.06. The average Bonchev–Trinajstić information content (AvgIpc) is 2.89. The van der Waals surface area contributed by atoms with E-state index < -0.39 is 11.6 Å². The number of hydrogen-bond donors (Lipinski definition) is 2. The molecule has 0 saturated carbocycles. The van der Waals surface area contributed by atoms with Crippen molar-refractivity contribution in [3.8, 4) is 0 Å². The lowest BCUT2D eigenvalue weighted by molar-refractivity contribution is -0.124. The van der Waals surface area contributed by atoms with Crippen LogP contribution >= 0.6 is 0 Å². The molecule has 1 spiro atoms. The average molecular weight is 335 g/mol. The summed E-state index contributed by atoms with van der Waals surface area (Å²) in [5.74, 6) is -0.474. The molecule has 2 aliphatic rings. The quantitative estimate of drug-likeness (QED) is 0.783. The predicted octanol–water partition coefficient (Wildman–Crippen LogP) is 2.08. The lowest BCUT2D eigenvalue weighted by atomic mass is 9.82. The van der Waals surface area contributed by atoms with Crippen molar-refractivity contribution in [1.82, 2.24) is 10.6 Å². The van der Waals surface area contributed by atoms with Gasteiger partial charge in [-0.3, -0.25) is 14.9 Å². The van der Waals surface area contributed by atoms with E-state index in [9.17, 15) is 14.4 Å². The maximum atomic E-state index is 13.1. The highest BCUT2D eigenvalue weighted by Gasteiger charge is 2.51. The molecule has 1 saturated heterocycles. The number of nitrogens with zero attached hydrogens (tertiary/aromatic N) is 1. The Hall–Kier alpha value is -3.15. The Kier molecular flexibility index (Phi) is 3.35. The van der Waals surface area contributed by atoms with Crippen molar-refractivity contribution in [3.05, 3.63) is 65.2 Å². The number of carbonyl (C=O) groups excluding carboxylic acids is 3. The Bertz CT molecular complexity index is 908. The summed E-state index contributed by atoms with van der Waals surface area (Å²) in [7, 11) is 0. The van der Waals surface area contributed by atoms with Gasteiger partial charge in [-0.25, -0.2) is 4.79 Å². The second-order valence-corrected chi connectivity index (χ2v) is 6.35. The monoisotopic (exact) mass is 335 g/mol. The van der Waals surface area contributed by atoms with Crippen molar-refractivity contribution in [1.29, 1.82) is 0 Å². The van der Waals surface area contributed by atoms with Crippen LogP contribution in [0, 0.1) is 6.92 Å². The number of nitrogens with one attached hydrogen (secondary N) is 2. The molecule has 0 aromatic heterocycles. The zero-order valence-electron chi connectivity index (χ0n) is 13.7. The lowest BCUT2D eigenvalue weighted by Crippen LogP contribution is -2.52. The molecule has 0 aliphatic carbocycles. The highest BCUT2D eigenvalue weighted by atomic mass is 16.2. The van der Waals surface area contributed by atoms with Crippen molar-refractivity contribution in [2.45, 2.75) is 18.9 Å². The molecule has 2 aliphatic heterocycles. The number of carbonyl (C=O) groups is 3. The third-order valence-corrected chi connectivity index (χ3v) is 4.93. The Morgan fingerprint density at radius 3 is 2.52 bits per heavy atom. The molecule has 1 unspecified atom stereocenters. The zero-order valence-corrected chi connectivity index (χ0v) is 13.7. The van der Waals surface area contributed by atoms with Gasteiger partial charge in [0.1, 0.15) is 5.54 Å². The van der Waals surface area contributed by atoms with Gasteiger partial charge in [0.05, 0.1) is 5.69 Å². The molecule has 6 heteroatoms. The standard InChI is InChI=1S/C19H17N3O3/c1-12-6-2-3-7-13(12)16(23)22-11-10-19(17(24)20-18(25)21-19)14-8-4-5-9-15(14)22/h2-9H,10-11H2,1H3,(H2,20,21,24,25). The van der Waals surface area contributed by atoms with Crippen molar-refractivity contribution in [3.63, 3.8) is 0 Å². The van der Waals surface area contributed by atoms with Crippen LogP contribution in [0.1, 0.15) is 27.9 Å². The van der Waals surface area contributed by atoms with Crippen LogP contribution in [0.5, 0.6) is 0 Å². The maximum Gasteiger partial charge on any atom is 0.322 e.